The Bertz CT molecular complexity index is 183. The van der Waals surface area contributed by atoms with E-state index in [1.807, 2.05) is 6.92 Å². The van der Waals surface area contributed by atoms with Crippen LogP contribution in [0.2, 0.25) is 0 Å². The summed E-state index contributed by atoms with van der Waals surface area (Å²) in [7, 11) is 0. The number of hydrogen-bond donors (Lipinski definition) is 1. The maximum absolute atomic E-state index is 11.3. The summed E-state index contributed by atoms with van der Waals surface area (Å²) >= 11 is 3.29. The molecule has 1 unspecified atom stereocenters. The van der Waals surface area contributed by atoms with E-state index in [1.54, 1.807) is 0 Å². The Morgan fingerprint density at radius 1 is 1.64 bits per heavy atom. The molecule has 1 aliphatic carbocycles. The third kappa shape index (κ3) is 4.96. The number of alkyl halides is 1. The van der Waals surface area contributed by atoms with Gasteiger partial charge in [0.2, 0.25) is 5.91 Å². The van der Waals surface area contributed by atoms with Crippen molar-refractivity contribution in [3.8, 4) is 0 Å². The quantitative estimate of drug-likeness (QED) is 0.561. The molecule has 4 heteroatoms. The molecular weight excluding hydrogens is 246 g/mol. The average Bonchev–Trinajstić information content (AvgIpc) is 2.99. The second kappa shape index (κ2) is 6.40. The molecule has 0 aromatic heterocycles. The standard InChI is InChI=1S/C10H18BrNO2/c1-2-9(11)10(13)12-5-6-14-7-8-3-4-8/h8-9H,2-7H2,1H3,(H,12,13). The van der Waals surface area contributed by atoms with Crippen molar-refractivity contribution in [3.63, 3.8) is 0 Å². The number of halogens is 1. The zero-order valence-electron chi connectivity index (χ0n) is 8.59. The number of carbonyl (C=O) groups excluding carboxylic acids is 1. The number of amides is 1. The zero-order chi connectivity index (χ0) is 10.4. The molecule has 0 radical (unpaired) electrons. The predicted molar refractivity (Wildman–Crippen MR) is 59.6 cm³/mol. The monoisotopic (exact) mass is 263 g/mol. The van der Waals surface area contributed by atoms with Crippen molar-refractivity contribution in [3.05, 3.63) is 0 Å². The van der Waals surface area contributed by atoms with Crippen molar-refractivity contribution in [2.75, 3.05) is 19.8 Å². The van der Waals surface area contributed by atoms with Gasteiger partial charge in [0.15, 0.2) is 0 Å². The highest BCUT2D eigenvalue weighted by atomic mass is 79.9. The van der Waals surface area contributed by atoms with Crippen LogP contribution in [0.4, 0.5) is 0 Å². The van der Waals surface area contributed by atoms with Gasteiger partial charge in [-0.2, -0.15) is 0 Å². The summed E-state index contributed by atoms with van der Waals surface area (Å²) in [5.74, 6) is 0.854. The van der Waals surface area contributed by atoms with Gasteiger partial charge in [0.25, 0.3) is 0 Å². The molecule has 0 spiro atoms. The van der Waals surface area contributed by atoms with Crippen molar-refractivity contribution >= 4 is 21.8 Å². The van der Waals surface area contributed by atoms with Gasteiger partial charge in [-0.15, -0.1) is 0 Å². The van der Waals surface area contributed by atoms with Crippen LogP contribution in [0.5, 0.6) is 0 Å². The van der Waals surface area contributed by atoms with Crippen LogP contribution in [0.25, 0.3) is 0 Å². The maximum atomic E-state index is 11.3. The molecule has 0 bridgehead atoms. The highest BCUT2D eigenvalue weighted by Gasteiger charge is 2.20. The first-order chi connectivity index (χ1) is 6.74. The van der Waals surface area contributed by atoms with Gasteiger partial charge in [0, 0.05) is 13.2 Å². The third-order valence-electron chi connectivity index (χ3n) is 2.24. The third-order valence-corrected chi connectivity index (χ3v) is 3.30. The molecule has 14 heavy (non-hydrogen) atoms. The Hall–Kier alpha value is -0.0900. The van der Waals surface area contributed by atoms with E-state index in [9.17, 15) is 4.79 Å². The maximum Gasteiger partial charge on any atom is 0.233 e. The van der Waals surface area contributed by atoms with E-state index in [2.05, 4.69) is 21.2 Å². The van der Waals surface area contributed by atoms with Gasteiger partial charge in [-0.1, -0.05) is 22.9 Å². The Balaban J connectivity index is 1.88. The summed E-state index contributed by atoms with van der Waals surface area (Å²) in [6.07, 6.45) is 3.44. The van der Waals surface area contributed by atoms with E-state index < -0.39 is 0 Å². The SMILES string of the molecule is CCC(Br)C(=O)NCCOCC1CC1. The number of hydrogen-bond acceptors (Lipinski definition) is 2. The molecule has 0 aromatic rings. The molecule has 1 amide bonds. The Labute approximate surface area is 93.7 Å². The molecule has 0 saturated heterocycles. The van der Waals surface area contributed by atoms with Crippen LogP contribution in [0.1, 0.15) is 26.2 Å². The molecule has 1 saturated carbocycles. The Kier molecular flexibility index (Phi) is 5.48. The molecule has 1 fully saturated rings. The largest absolute Gasteiger partial charge is 0.379 e. The molecule has 3 nitrogen and oxygen atoms in total. The summed E-state index contributed by atoms with van der Waals surface area (Å²) in [4.78, 5) is 11.2. The van der Waals surface area contributed by atoms with E-state index in [4.69, 9.17) is 4.74 Å². The van der Waals surface area contributed by atoms with Gasteiger partial charge in [0.05, 0.1) is 11.4 Å². The molecule has 0 aliphatic heterocycles. The van der Waals surface area contributed by atoms with Gasteiger partial charge in [-0.3, -0.25) is 4.79 Å². The van der Waals surface area contributed by atoms with Gasteiger partial charge in [-0.05, 0) is 25.2 Å². The first kappa shape index (κ1) is 12.0. The summed E-state index contributed by atoms with van der Waals surface area (Å²) in [5, 5.41) is 2.82. The molecule has 0 heterocycles. The second-order valence-corrected chi connectivity index (χ2v) is 4.79. The van der Waals surface area contributed by atoms with Crippen LogP contribution in [0.15, 0.2) is 0 Å². The Morgan fingerprint density at radius 3 is 2.93 bits per heavy atom. The Morgan fingerprint density at radius 2 is 2.36 bits per heavy atom. The van der Waals surface area contributed by atoms with E-state index in [0.29, 0.717) is 13.2 Å². The van der Waals surface area contributed by atoms with E-state index >= 15 is 0 Å². The lowest BCUT2D eigenvalue weighted by atomic mass is 10.3. The molecule has 1 rings (SSSR count). The normalized spacial score (nSPS) is 17.9. The van der Waals surface area contributed by atoms with Crippen molar-refractivity contribution in [1.29, 1.82) is 0 Å². The van der Waals surface area contributed by atoms with Crippen molar-refractivity contribution in [2.45, 2.75) is 31.0 Å². The number of ether oxygens (including phenoxy) is 1. The number of carbonyl (C=O) groups is 1. The zero-order valence-corrected chi connectivity index (χ0v) is 10.2. The molecule has 1 atom stereocenters. The first-order valence-corrected chi connectivity index (χ1v) is 6.15. The predicted octanol–water partition coefficient (Wildman–Crippen LogP) is 1.70. The second-order valence-electron chi connectivity index (χ2n) is 3.69. The lowest BCUT2D eigenvalue weighted by Crippen LogP contribution is -2.33. The number of nitrogens with one attached hydrogen (secondary N) is 1. The summed E-state index contributed by atoms with van der Waals surface area (Å²) in [6, 6.07) is 0. The minimum absolute atomic E-state index is 0.0579. The lowest BCUT2D eigenvalue weighted by molar-refractivity contribution is -0.120. The van der Waals surface area contributed by atoms with Crippen LogP contribution in [0, 0.1) is 5.92 Å². The molecule has 0 aromatic carbocycles. The lowest BCUT2D eigenvalue weighted by Gasteiger charge is -2.08. The first-order valence-electron chi connectivity index (χ1n) is 5.23. The molecular formula is C10H18BrNO2. The molecule has 82 valence electrons. The van der Waals surface area contributed by atoms with Crippen molar-refractivity contribution in [2.24, 2.45) is 5.92 Å². The van der Waals surface area contributed by atoms with Crippen LogP contribution in [-0.4, -0.2) is 30.5 Å². The topological polar surface area (TPSA) is 38.3 Å². The smallest absolute Gasteiger partial charge is 0.233 e. The highest BCUT2D eigenvalue weighted by molar-refractivity contribution is 9.10. The fourth-order valence-electron chi connectivity index (χ4n) is 1.08. The highest BCUT2D eigenvalue weighted by Crippen LogP contribution is 2.28. The van der Waals surface area contributed by atoms with Crippen molar-refractivity contribution < 1.29 is 9.53 Å². The van der Waals surface area contributed by atoms with E-state index in [0.717, 1.165) is 18.9 Å². The summed E-state index contributed by atoms with van der Waals surface area (Å²) in [5.41, 5.74) is 0. The molecule has 1 aliphatic rings. The number of rotatable bonds is 7. The van der Waals surface area contributed by atoms with Crippen LogP contribution in [-0.2, 0) is 9.53 Å². The van der Waals surface area contributed by atoms with Gasteiger partial charge < -0.3 is 10.1 Å². The van der Waals surface area contributed by atoms with Gasteiger partial charge in [0.1, 0.15) is 0 Å². The van der Waals surface area contributed by atoms with E-state index in [1.165, 1.54) is 12.8 Å². The van der Waals surface area contributed by atoms with Gasteiger partial charge >= 0.3 is 0 Å². The minimum Gasteiger partial charge on any atom is -0.379 e. The van der Waals surface area contributed by atoms with Crippen LogP contribution in [0.3, 0.4) is 0 Å². The van der Waals surface area contributed by atoms with Crippen molar-refractivity contribution in [1.82, 2.24) is 5.32 Å². The summed E-state index contributed by atoms with van der Waals surface area (Å²) < 4.78 is 5.39. The van der Waals surface area contributed by atoms with Gasteiger partial charge in [-0.25, -0.2) is 0 Å². The minimum atomic E-state index is -0.0640. The van der Waals surface area contributed by atoms with Crippen LogP contribution < -0.4 is 5.32 Å². The van der Waals surface area contributed by atoms with E-state index in [-0.39, 0.29) is 10.7 Å². The summed E-state index contributed by atoms with van der Waals surface area (Å²) in [6.45, 7) is 4.09. The fraction of sp³-hybridized carbons (Fsp3) is 0.900. The fourth-order valence-corrected chi connectivity index (χ4v) is 1.24. The molecule has 1 N–H and O–H groups in total. The average molecular weight is 264 g/mol. The van der Waals surface area contributed by atoms with Crippen LogP contribution >= 0.6 is 15.9 Å².